The highest BCUT2D eigenvalue weighted by molar-refractivity contribution is 6.71. The third-order valence-electron chi connectivity index (χ3n) is 3.25. The molecule has 0 saturated carbocycles. The third-order valence-corrected chi connectivity index (χ3v) is 3.80. The molecule has 0 N–H and O–H groups in total. The largest absolute Gasteiger partial charge is 0.497 e. The lowest BCUT2D eigenvalue weighted by Gasteiger charge is -2.22. The molecule has 1 aromatic carbocycles. The Kier molecular flexibility index (Phi) is 3.64. The van der Waals surface area contributed by atoms with Crippen LogP contribution in [0, 0.1) is 0 Å². The minimum absolute atomic E-state index is 0.140. The minimum atomic E-state index is -0.140. The molecule has 0 fully saturated rings. The van der Waals surface area contributed by atoms with Crippen LogP contribution in [0.15, 0.2) is 52.0 Å². The first-order valence-corrected chi connectivity index (χ1v) is 6.96. The van der Waals surface area contributed by atoms with Gasteiger partial charge in [-0.3, -0.25) is 4.99 Å². The van der Waals surface area contributed by atoms with Crippen molar-refractivity contribution in [3.63, 3.8) is 0 Å². The Morgan fingerprint density at radius 1 is 1.20 bits per heavy atom. The fourth-order valence-corrected chi connectivity index (χ4v) is 2.66. The zero-order chi connectivity index (χ0) is 14.1. The van der Waals surface area contributed by atoms with Crippen LogP contribution in [0.5, 0.6) is 5.75 Å². The summed E-state index contributed by atoms with van der Waals surface area (Å²) in [4.78, 5) is 8.85. The van der Waals surface area contributed by atoms with E-state index < -0.39 is 0 Å². The second-order valence-electron chi connectivity index (χ2n) is 4.50. The fraction of sp³-hybridized carbons (Fsp3) is 0.200. The van der Waals surface area contributed by atoms with E-state index in [9.17, 15) is 0 Å². The molecule has 0 saturated heterocycles. The molecule has 0 aromatic heterocycles. The van der Waals surface area contributed by atoms with Crippen LogP contribution in [0.4, 0.5) is 0 Å². The number of methoxy groups -OCH3 is 1. The Labute approximate surface area is 127 Å². The quantitative estimate of drug-likeness (QED) is 0.812. The summed E-state index contributed by atoms with van der Waals surface area (Å²) in [7, 11) is 1.64. The Balaban J connectivity index is 1.97. The van der Waals surface area contributed by atoms with E-state index >= 15 is 0 Å². The van der Waals surface area contributed by atoms with Crippen molar-refractivity contribution in [3.8, 4) is 5.75 Å². The number of hydrogen-bond donors (Lipinski definition) is 0. The summed E-state index contributed by atoms with van der Waals surface area (Å²) in [5, 5.41) is 1.08. The molecule has 0 bridgehead atoms. The number of benzene rings is 1. The van der Waals surface area contributed by atoms with Crippen molar-refractivity contribution in [2.45, 2.75) is 12.5 Å². The Hall–Kier alpha value is -1.58. The summed E-state index contributed by atoms with van der Waals surface area (Å²) in [5.41, 5.74) is 2.70. The highest BCUT2D eigenvalue weighted by Gasteiger charge is 2.24. The number of halogens is 2. The Morgan fingerprint density at radius 3 is 2.65 bits per heavy atom. The van der Waals surface area contributed by atoms with Crippen molar-refractivity contribution in [2.75, 3.05) is 7.11 Å². The molecular weight excluding hydrogens is 295 g/mol. The van der Waals surface area contributed by atoms with Gasteiger partial charge in [-0.2, -0.15) is 0 Å². The second kappa shape index (κ2) is 5.43. The van der Waals surface area contributed by atoms with Gasteiger partial charge in [-0.1, -0.05) is 29.3 Å². The lowest BCUT2D eigenvalue weighted by molar-refractivity contribution is 0.415. The zero-order valence-electron chi connectivity index (χ0n) is 10.8. The maximum atomic E-state index is 6.24. The number of fused-ring (bicyclic) bond motifs is 1. The minimum Gasteiger partial charge on any atom is -0.497 e. The maximum Gasteiger partial charge on any atom is 0.135 e. The number of rotatable bonds is 2. The van der Waals surface area contributed by atoms with Gasteiger partial charge in [0.25, 0.3) is 0 Å². The Morgan fingerprint density at radius 2 is 1.95 bits per heavy atom. The molecule has 3 nitrogen and oxygen atoms in total. The molecule has 1 aromatic rings. The monoisotopic (exact) mass is 306 g/mol. The topological polar surface area (TPSA) is 34.0 Å². The molecule has 102 valence electrons. The molecule has 0 spiro atoms. The molecule has 2 aliphatic rings. The van der Waals surface area contributed by atoms with Gasteiger partial charge < -0.3 is 4.74 Å². The first kappa shape index (κ1) is 13.4. The van der Waals surface area contributed by atoms with Crippen molar-refractivity contribution in [1.82, 2.24) is 0 Å². The van der Waals surface area contributed by atoms with Crippen LogP contribution in [-0.2, 0) is 0 Å². The average Bonchev–Trinajstić information content (AvgIpc) is 2.46. The summed E-state index contributed by atoms with van der Waals surface area (Å²) in [5.74, 6) is 0.805. The van der Waals surface area contributed by atoms with Gasteiger partial charge >= 0.3 is 0 Å². The van der Waals surface area contributed by atoms with Gasteiger partial charge in [0.1, 0.15) is 16.1 Å². The molecule has 0 aliphatic carbocycles. The van der Waals surface area contributed by atoms with Gasteiger partial charge in [-0.05, 0) is 30.3 Å². The molecule has 0 amide bonds. The lowest BCUT2D eigenvalue weighted by atomic mass is 9.99. The molecule has 1 unspecified atom stereocenters. The second-order valence-corrected chi connectivity index (χ2v) is 5.29. The summed E-state index contributed by atoms with van der Waals surface area (Å²) < 4.78 is 5.15. The molecule has 2 heterocycles. The van der Waals surface area contributed by atoms with Crippen LogP contribution in [0.1, 0.15) is 12.0 Å². The van der Waals surface area contributed by atoms with Crippen molar-refractivity contribution in [2.24, 2.45) is 9.98 Å². The highest BCUT2D eigenvalue weighted by atomic mass is 35.5. The molecular formula is C15H12Cl2N2O. The molecule has 1 atom stereocenters. The van der Waals surface area contributed by atoms with Gasteiger partial charge in [0.15, 0.2) is 0 Å². The molecule has 5 heteroatoms. The lowest BCUT2D eigenvalue weighted by Crippen LogP contribution is -2.19. The van der Waals surface area contributed by atoms with Gasteiger partial charge in [-0.25, -0.2) is 4.99 Å². The zero-order valence-corrected chi connectivity index (χ0v) is 12.3. The van der Waals surface area contributed by atoms with Crippen molar-refractivity contribution < 1.29 is 4.74 Å². The third kappa shape index (κ3) is 2.51. The smallest absolute Gasteiger partial charge is 0.135 e. The average molecular weight is 307 g/mol. The number of ether oxygens (including phenoxy) is 1. The van der Waals surface area contributed by atoms with Crippen LogP contribution >= 0.6 is 23.2 Å². The summed E-state index contributed by atoms with van der Waals surface area (Å²) in [6.07, 6.45) is 4.57. The first-order valence-electron chi connectivity index (χ1n) is 6.20. The summed E-state index contributed by atoms with van der Waals surface area (Å²) in [6.45, 7) is 0. The predicted molar refractivity (Wildman–Crippen MR) is 84.0 cm³/mol. The van der Waals surface area contributed by atoms with Crippen molar-refractivity contribution >= 4 is 39.2 Å². The fourth-order valence-electron chi connectivity index (χ4n) is 2.20. The van der Waals surface area contributed by atoms with E-state index in [1.54, 1.807) is 7.11 Å². The number of nitrogens with zero attached hydrogens (tertiary/aromatic N) is 2. The van der Waals surface area contributed by atoms with Crippen LogP contribution < -0.4 is 4.74 Å². The molecule has 0 radical (unpaired) electrons. The summed E-state index contributed by atoms with van der Waals surface area (Å²) in [6, 6.07) is 7.53. The van der Waals surface area contributed by atoms with Crippen molar-refractivity contribution in [3.05, 3.63) is 47.6 Å². The van der Waals surface area contributed by atoms with Crippen LogP contribution in [0.25, 0.3) is 5.70 Å². The number of aliphatic imine (C=N–C) groups is 2. The van der Waals surface area contributed by atoms with Gasteiger partial charge in [-0.15, -0.1) is 0 Å². The van der Waals surface area contributed by atoms with Crippen molar-refractivity contribution in [1.29, 1.82) is 0 Å². The number of hydrogen-bond acceptors (Lipinski definition) is 3. The van der Waals surface area contributed by atoms with Crippen LogP contribution in [-0.4, -0.2) is 23.5 Å². The number of dihydropyridines is 1. The van der Waals surface area contributed by atoms with E-state index in [1.807, 2.05) is 36.4 Å². The van der Waals surface area contributed by atoms with Crippen LogP contribution in [0.3, 0.4) is 0 Å². The summed E-state index contributed by atoms with van der Waals surface area (Å²) >= 11 is 12.2. The van der Waals surface area contributed by atoms with E-state index in [2.05, 4.69) is 9.98 Å². The molecule has 20 heavy (non-hydrogen) atoms. The van der Waals surface area contributed by atoms with Gasteiger partial charge in [0, 0.05) is 17.6 Å². The van der Waals surface area contributed by atoms with E-state index in [1.165, 1.54) is 0 Å². The van der Waals surface area contributed by atoms with Crippen LogP contribution in [0.2, 0.25) is 0 Å². The van der Waals surface area contributed by atoms with Gasteiger partial charge in [0.2, 0.25) is 0 Å². The van der Waals surface area contributed by atoms with E-state index in [0.717, 1.165) is 22.6 Å². The molecule has 3 rings (SSSR count). The van der Waals surface area contributed by atoms with E-state index in [4.69, 9.17) is 27.9 Å². The highest BCUT2D eigenvalue weighted by Crippen LogP contribution is 2.31. The standard InChI is InChI=1S/C15H12Cl2N2O/c1-20-10-4-2-9(3-5-10)12-8-13-11(15(17)19-12)6-7-14(16)18-13/h2-6,8,13H,7H2,1H3. The number of allylic oxidation sites excluding steroid dienone is 1. The predicted octanol–water partition coefficient (Wildman–Crippen LogP) is 4.02. The van der Waals surface area contributed by atoms with E-state index in [0.29, 0.717) is 16.8 Å². The first-order chi connectivity index (χ1) is 9.67. The normalized spacial score (nSPS) is 21.2. The SMILES string of the molecule is COc1ccc(C2=CC3N=C(Cl)CC=C3C(Cl)=N2)cc1. The Bertz CT molecular complexity index is 657. The van der Waals surface area contributed by atoms with E-state index in [-0.39, 0.29) is 6.04 Å². The molecule has 2 aliphatic heterocycles. The maximum absolute atomic E-state index is 6.24. The van der Waals surface area contributed by atoms with Gasteiger partial charge in [0.05, 0.1) is 18.8 Å².